The van der Waals surface area contributed by atoms with Crippen molar-refractivity contribution in [2.24, 2.45) is 7.05 Å². The third-order valence-electron chi connectivity index (χ3n) is 3.29. The number of hydrogen-bond acceptors (Lipinski definition) is 4. The van der Waals surface area contributed by atoms with Gasteiger partial charge in [-0.2, -0.15) is 5.10 Å². The summed E-state index contributed by atoms with van der Waals surface area (Å²) < 4.78 is 12.4. The number of hydrogen-bond donors (Lipinski definition) is 1. The number of methoxy groups -OCH3 is 1. The lowest BCUT2D eigenvalue weighted by molar-refractivity contribution is 0.0757. The van der Waals surface area contributed by atoms with Gasteiger partial charge in [0.25, 0.3) is 5.91 Å². The number of carbonyl (C=O) groups is 1. The van der Waals surface area contributed by atoms with Gasteiger partial charge in [0.1, 0.15) is 0 Å². The van der Waals surface area contributed by atoms with Gasteiger partial charge >= 0.3 is 0 Å². The molecule has 1 amide bonds. The number of rotatable bonds is 7. The highest BCUT2D eigenvalue weighted by molar-refractivity contribution is 5.98. The zero-order valence-corrected chi connectivity index (χ0v) is 13.5. The lowest BCUT2D eigenvalue weighted by atomic mass is 10.1. The van der Waals surface area contributed by atoms with Crippen molar-refractivity contribution in [3.8, 4) is 5.88 Å². The molecular formula is C16H23N3O3. The highest BCUT2D eigenvalue weighted by Crippen LogP contribution is 2.25. The molecule has 0 radical (unpaired) electrons. The van der Waals surface area contributed by atoms with E-state index in [1.807, 2.05) is 27.0 Å². The van der Waals surface area contributed by atoms with Crippen LogP contribution in [0.1, 0.15) is 30.6 Å². The number of aryl methyl sites for hydroxylation is 1. The molecule has 22 heavy (non-hydrogen) atoms. The first-order valence-electron chi connectivity index (χ1n) is 7.43. The molecule has 1 aromatic heterocycles. The Morgan fingerprint density at radius 2 is 2.18 bits per heavy atom. The van der Waals surface area contributed by atoms with E-state index in [0.29, 0.717) is 24.6 Å². The first-order valence-corrected chi connectivity index (χ1v) is 7.43. The van der Waals surface area contributed by atoms with Crippen LogP contribution in [0.3, 0.4) is 0 Å². The summed E-state index contributed by atoms with van der Waals surface area (Å²) in [5, 5.41) is 8.13. The summed E-state index contributed by atoms with van der Waals surface area (Å²) in [6, 6.07) is 5.42. The summed E-state index contributed by atoms with van der Waals surface area (Å²) in [7, 11) is 3.42. The lowest BCUT2D eigenvalue weighted by Gasteiger charge is -2.08. The quantitative estimate of drug-likeness (QED) is 0.796. The Bertz CT molecular complexity index is 649. The fourth-order valence-electron chi connectivity index (χ4n) is 2.26. The fraction of sp³-hybridized carbons (Fsp3) is 0.500. The largest absolute Gasteiger partial charge is 0.481 e. The summed E-state index contributed by atoms with van der Waals surface area (Å²) in [4.78, 5) is 12.1. The van der Waals surface area contributed by atoms with Crippen LogP contribution in [0.4, 0.5) is 0 Å². The molecular weight excluding hydrogens is 282 g/mol. The summed E-state index contributed by atoms with van der Waals surface area (Å²) in [6.45, 7) is 5.23. The maximum atomic E-state index is 12.1. The predicted molar refractivity (Wildman–Crippen MR) is 85.3 cm³/mol. The minimum atomic E-state index is -0.101. The summed E-state index contributed by atoms with van der Waals surface area (Å²) in [5.74, 6) is 0.587. The van der Waals surface area contributed by atoms with Gasteiger partial charge in [0.2, 0.25) is 5.88 Å². The van der Waals surface area contributed by atoms with Crippen LogP contribution in [-0.2, 0) is 11.8 Å². The summed E-state index contributed by atoms with van der Waals surface area (Å²) in [6.07, 6.45) is 1.01. The Labute approximate surface area is 130 Å². The van der Waals surface area contributed by atoms with Crippen molar-refractivity contribution in [3.63, 3.8) is 0 Å². The molecule has 2 rings (SSSR count). The van der Waals surface area contributed by atoms with Crippen LogP contribution < -0.4 is 10.1 Å². The van der Waals surface area contributed by atoms with Crippen LogP contribution in [-0.4, -0.2) is 42.1 Å². The second-order valence-corrected chi connectivity index (χ2v) is 5.39. The van der Waals surface area contributed by atoms with Crippen LogP contribution in [0.25, 0.3) is 10.9 Å². The average molecular weight is 305 g/mol. The van der Waals surface area contributed by atoms with Crippen molar-refractivity contribution in [2.75, 3.05) is 20.3 Å². The van der Waals surface area contributed by atoms with E-state index in [-0.39, 0.29) is 12.0 Å². The molecule has 1 aromatic carbocycles. The molecule has 0 bridgehead atoms. The van der Waals surface area contributed by atoms with Gasteiger partial charge < -0.3 is 14.8 Å². The number of aromatic nitrogens is 2. The van der Waals surface area contributed by atoms with Crippen molar-refractivity contribution < 1.29 is 14.3 Å². The lowest BCUT2D eigenvalue weighted by Crippen LogP contribution is -2.25. The Kier molecular flexibility index (Phi) is 5.38. The highest BCUT2D eigenvalue weighted by atomic mass is 16.5. The van der Waals surface area contributed by atoms with Crippen molar-refractivity contribution in [2.45, 2.75) is 26.4 Å². The number of ether oxygens (including phenoxy) is 2. The minimum Gasteiger partial charge on any atom is -0.481 e. The van der Waals surface area contributed by atoms with Crippen LogP contribution >= 0.6 is 0 Å². The molecule has 0 aliphatic heterocycles. The maximum Gasteiger partial charge on any atom is 0.251 e. The van der Waals surface area contributed by atoms with Gasteiger partial charge in [-0.25, -0.2) is 4.68 Å². The number of nitrogens with zero attached hydrogens (tertiary/aromatic N) is 2. The van der Waals surface area contributed by atoms with Gasteiger partial charge in [-0.1, -0.05) is 0 Å². The van der Waals surface area contributed by atoms with Crippen LogP contribution in [0, 0.1) is 0 Å². The summed E-state index contributed by atoms with van der Waals surface area (Å²) in [5.41, 5.74) is 1.34. The van der Waals surface area contributed by atoms with Crippen LogP contribution in [0.5, 0.6) is 5.88 Å². The molecule has 1 heterocycles. The van der Waals surface area contributed by atoms with Gasteiger partial charge in [-0.05, 0) is 38.5 Å². The number of benzene rings is 1. The SMILES string of the molecule is COc1c2ccc(C(=O)NCCCOC(C)C)cc2nn1C. The molecule has 0 aliphatic rings. The highest BCUT2D eigenvalue weighted by Gasteiger charge is 2.12. The normalized spacial score (nSPS) is 11.1. The zero-order chi connectivity index (χ0) is 16.1. The Hall–Kier alpha value is -2.08. The minimum absolute atomic E-state index is 0.101. The van der Waals surface area contributed by atoms with Crippen molar-refractivity contribution >= 4 is 16.8 Å². The summed E-state index contributed by atoms with van der Waals surface area (Å²) >= 11 is 0. The Balaban J connectivity index is 1.97. The van der Waals surface area contributed by atoms with E-state index in [2.05, 4.69) is 10.4 Å². The molecule has 2 aromatic rings. The molecule has 6 heteroatoms. The molecule has 120 valence electrons. The van der Waals surface area contributed by atoms with Gasteiger partial charge in [0.05, 0.1) is 24.1 Å². The molecule has 0 atom stereocenters. The molecule has 0 aliphatic carbocycles. The zero-order valence-electron chi connectivity index (χ0n) is 13.5. The monoisotopic (exact) mass is 305 g/mol. The molecule has 0 unspecified atom stereocenters. The van der Waals surface area contributed by atoms with Gasteiger partial charge in [-0.3, -0.25) is 4.79 Å². The second-order valence-electron chi connectivity index (χ2n) is 5.39. The predicted octanol–water partition coefficient (Wildman–Crippen LogP) is 2.13. The maximum absolute atomic E-state index is 12.1. The molecule has 0 saturated carbocycles. The Morgan fingerprint density at radius 1 is 1.41 bits per heavy atom. The number of amides is 1. The Morgan fingerprint density at radius 3 is 2.86 bits per heavy atom. The van der Waals surface area contributed by atoms with Gasteiger partial charge in [0, 0.05) is 25.8 Å². The van der Waals surface area contributed by atoms with E-state index in [0.717, 1.165) is 17.3 Å². The topological polar surface area (TPSA) is 65.4 Å². The second kappa shape index (κ2) is 7.26. The smallest absolute Gasteiger partial charge is 0.251 e. The third-order valence-corrected chi connectivity index (χ3v) is 3.29. The standard InChI is InChI=1S/C16H23N3O3/c1-11(2)22-9-5-8-17-15(20)12-6-7-13-14(10-12)18-19(3)16(13)21-4/h6-7,10-11H,5,8-9H2,1-4H3,(H,17,20). The van der Waals surface area contributed by atoms with Crippen molar-refractivity contribution in [3.05, 3.63) is 23.8 Å². The van der Waals surface area contributed by atoms with E-state index in [1.54, 1.807) is 23.9 Å². The van der Waals surface area contributed by atoms with Crippen LogP contribution in [0.15, 0.2) is 18.2 Å². The number of nitrogens with one attached hydrogen (secondary N) is 1. The van der Waals surface area contributed by atoms with E-state index in [9.17, 15) is 4.79 Å². The molecule has 6 nitrogen and oxygen atoms in total. The fourth-order valence-corrected chi connectivity index (χ4v) is 2.26. The van der Waals surface area contributed by atoms with E-state index in [1.165, 1.54) is 0 Å². The average Bonchev–Trinajstić information content (AvgIpc) is 2.80. The molecule has 1 N–H and O–H groups in total. The van der Waals surface area contributed by atoms with E-state index >= 15 is 0 Å². The molecule has 0 fully saturated rings. The van der Waals surface area contributed by atoms with Crippen molar-refractivity contribution in [1.82, 2.24) is 15.1 Å². The van der Waals surface area contributed by atoms with Crippen LogP contribution in [0.2, 0.25) is 0 Å². The van der Waals surface area contributed by atoms with E-state index < -0.39 is 0 Å². The van der Waals surface area contributed by atoms with Gasteiger partial charge in [0.15, 0.2) is 0 Å². The molecule has 0 spiro atoms. The molecule has 0 saturated heterocycles. The van der Waals surface area contributed by atoms with E-state index in [4.69, 9.17) is 9.47 Å². The number of fused-ring (bicyclic) bond motifs is 1. The van der Waals surface area contributed by atoms with Crippen molar-refractivity contribution in [1.29, 1.82) is 0 Å². The first-order chi connectivity index (χ1) is 10.5. The number of carbonyl (C=O) groups excluding carboxylic acids is 1. The third kappa shape index (κ3) is 3.76. The first kappa shape index (κ1) is 16.3. The van der Waals surface area contributed by atoms with Gasteiger partial charge in [-0.15, -0.1) is 0 Å².